The van der Waals surface area contributed by atoms with Gasteiger partial charge in [0.1, 0.15) is 18.7 Å². The van der Waals surface area contributed by atoms with Crippen LogP contribution in [0.3, 0.4) is 0 Å². The molecule has 0 saturated carbocycles. The van der Waals surface area contributed by atoms with Crippen LogP contribution in [0.25, 0.3) is 0 Å². The maximum atomic E-state index is 5.50. The van der Waals surface area contributed by atoms with Gasteiger partial charge in [0.2, 0.25) is 0 Å². The summed E-state index contributed by atoms with van der Waals surface area (Å²) in [6.45, 7) is 4.13. The van der Waals surface area contributed by atoms with E-state index in [-0.39, 0.29) is 0 Å². The van der Waals surface area contributed by atoms with Crippen LogP contribution in [0.5, 0.6) is 5.75 Å². The lowest BCUT2D eigenvalue weighted by Gasteiger charge is -2.23. The van der Waals surface area contributed by atoms with Crippen molar-refractivity contribution in [2.45, 2.75) is 0 Å². The van der Waals surface area contributed by atoms with E-state index in [4.69, 9.17) is 4.74 Å². The molecular weight excluding hydrogens is 314 g/mol. The average molecular weight is 331 g/mol. The molecule has 2 aromatic rings. The molecule has 2 aliphatic heterocycles. The smallest absolute Gasteiger partial charge is 0.173 e. The minimum atomic E-state index is 0.489. The van der Waals surface area contributed by atoms with Gasteiger partial charge < -0.3 is 4.74 Å². The van der Waals surface area contributed by atoms with Crippen LogP contribution < -0.4 is 15.2 Å². The second kappa shape index (κ2) is 6.52. The van der Waals surface area contributed by atoms with Crippen LogP contribution in [-0.2, 0) is 0 Å². The molecule has 0 aliphatic carbocycles. The molecule has 0 bridgehead atoms. The fourth-order valence-electron chi connectivity index (χ4n) is 2.51. The van der Waals surface area contributed by atoms with Crippen molar-refractivity contribution in [3.8, 4) is 5.75 Å². The zero-order chi connectivity index (χ0) is 17.1. The van der Waals surface area contributed by atoms with Crippen LogP contribution in [0.1, 0.15) is 5.56 Å². The van der Waals surface area contributed by atoms with Gasteiger partial charge in [-0.3, -0.25) is 5.43 Å². The first-order valence-electron chi connectivity index (χ1n) is 7.92. The number of nitrogens with zero attached hydrogens (tertiary/aromatic N) is 4. The molecule has 124 valence electrons. The van der Waals surface area contributed by atoms with E-state index in [2.05, 4.69) is 22.1 Å². The molecule has 2 aromatic carbocycles. The summed E-state index contributed by atoms with van der Waals surface area (Å²) in [5.74, 6) is 2.37. The van der Waals surface area contributed by atoms with Gasteiger partial charge in [0.25, 0.3) is 0 Å². The van der Waals surface area contributed by atoms with Crippen LogP contribution in [0, 0.1) is 0 Å². The van der Waals surface area contributed by atoms with E-state index in [1.165, 1.54) is 0 Å². The fourth-order valence-corrected chi connectivity index (χ4v) is 2.51. The van der Waals surface area contributed by atoms with Crippen LogP contribution >= 0.6 is 0 Å². The molecule has 0 spiro atoms. The molecule has 0 aromatic heterocycles. The summed E-state index contributed by atoms with van der Waals surface area (Å²) < 4.78 is 5.50. The first kappa shape index (κ1) is 15.0. The molecule has 6 heteroatoms. The van der Waals surface area contributed by atoms with Crippen molar-refractivity contribution in [3.05, 3.63) is 84.8 Å². The van der Waals surface area contributed by atoms with Crippen LogP contribution in [0.2, 0.25) is 0 Å². The van der Waals surface area contributed by atoms with E-state index in [1.54, 1.807) is 22.4 Å². The summed E-state index contributed by atoms with van der Waals surface area (Å²) in [5.41, 5.74) is 5.18. The predicted molar refractivity (Wildman–Crippen MR) is 99.1 cm³/mol. The van der Waals surface area contributed by atoms with Crippen molar-refractivity contribution in [1.29, 1.82) is 0 Å². The van der Waals surface area contributed by atoms with Crippen molar-refractivity contribution in [1.82, 2.24) is 10.4 Å². The van der Waals surface area contributed by atoms with Gasteiger partial charge >= 0.3 is 0 Å². The Labute approximate surface area is 146 Å². The maximum Gasteiger partial charge on any atom is 0.173 e. The number of hydrogen-bond donors (Lipinski definition) is 1. The van der Waals surface area contributed by atoms with E-state index < -0.39 is 0 Å². The lowest BCUT2D eigenvalue weighted by Crippen LogP contribution is -2.37. The lowest BCUT2D eigenvalue weighted by molar-refractivity contribution is 0.363. The van der Waals surface area contributed by atoms with Crippen molar-refractivity contribution in [3.63, 3.8) is 0 Å². The van der Waals surface area contributed by atoms with E-state index >= 15 is 0 Å². The van der Waals surface area contributed by atoms with Crippen molar-refractivity contribution >= 4 is 17.9 Å². The van der Waals surface area contributed by atoms with Crippen LogP contribution in [0.4, 0.5) is 5.69 Å². The van der Waals surface area contributed by atoms with Crippen molar-refractivity contribution in [2.24, 2.45) is 10.1 Å². The van der Waals surface area contributed by atoms with Crippen molar-refractivity contribution < 1.29 is 4.74 Å². The Morgan fingerprint density at radius 3 is 2.64 bits per heavy atom. The first-order chi connectivity index (χ1) is 12.3. The Bertz CT molecular complexity index is 855. The normalized spacial score (nSPS) is 15.2. The Balaban J connectivity index is 1.54. The Hall–Kier alpha value is -3.54. The van der Waals surface area contributed by atoms with Gasteiger partial charge in [0, 0.05) is 5.56 Å². The average Bonchev–Trinajstić information content (AvgIpc) is 3.11. The number of rotatable bonds is 5. The summed E-state index contributed by atoms with van der Waals surface area (Å²) in [6.07, 6.45) is 5.30. The molecule has 2 aliphatic rings. The number of nitrogens with one attached hydrogen (secondary N) is 1. The quantitative estimate of drug-likeness (QED) is 0.856. The Kier molecular flexibility index (Phi) is 3.92. The monoisotopic (exact) mass is 331 g/mol. The highest BCUT2D eigenvalue weighted by molar-refractivity contribution is 6.01. The molecule has 4 rings (SSSR count). The van der Waals surface area contributed by atoms with Gasteiger partial charge in [-0.2, -0.15) is 5.10 Å². The molecular formula is C19H17N5O. The van der Waals surface area contributed by atoms with Crippen LogP contribution in [-0.4, -0.2) is 23.8 Å². The number of ether oxygens (including phenoxy) is 1. The largest absolute Gasteiger partial charge is 0.490 e. The van der Waals surface area contributed by atoms with E-state index in [0.29, 0.717) is 6.61 Å². The fraction of sp³-hybridized carbons (Fsp3) is 0.0526. The van der Waals surface area contributed by atoms with Gasteiger partial charge in [-0.15, -0.1) is 0 Å². The molecule has 1 N–H and O–H groups in total. The van der Waals surface area contributed by atoms with E-state index in [1.807, 2.05) is 60.8 Å². The minimum Gasteiger partial charge on any atom is -0.490 e. The van der Waals surface area contributed by atoms with E-state index in [0.717, 1.165) is 28.7 Å². The highest BCUT2D eigenvalue weighted by atomic mass is 16.5. The minimum absolute atomic E-state index is 0.489. The summed E-state index contributed by atoms with van der Waals surface area (Å²) >= 11 is 0. The summed E-state index contributed by atoms with van der Waals surface area (Å²) in [6, 6.07) is 17.7. The Morgan fingerprint density at radius 2 is 1.88 bits per heavy atom. The second-order valence-electron chi connectivity index (χ2n) is 5.46. The zero-order valence-corrected chi connectivity index (χ0v) is 13.5. The standard InChI is InChI=1S/C19H17N5O/c1-2-12-25-17-10-8-16(9-11-17)23-13-18-21-19(22-24(18)14-20-23)15-6-4-3-5-7-15/h2-11,13-14H,1,12H2,(H,21,22). The SMILES string of the molecule is C=CCOc1ccc(N2C=C3N=C(c4ccccc4)NN3C=N2)cc1. The molecule has 0 radical (unpaired) electrons. The summed E-state index contributed by atoms with van der Waals surface area (Å²) in [7, 11) is 0. The van der Waals surface area contributed by atoms with Gasteiger partial charge in [-0.25, -0.2) is 15.0 Å². The number of benzene rings is 2. The van der Waals surface area contributed by atoms with E-state index in [9.17, 15) is 0 Å². The molecule has 0 saturated heterocycles. The number of amidine groups is 1. The number of anilines is 1. The lowest BCUT2D eigenvalue weighted by atomic mass is 10.2. The molecule has 6 nitrogen and oxygen atoms in total. The highest BCUT2D eigenvalue weighted by Crippen LogP contribution is 2.24. The summed E-state index contributed by atoms with van der Waals surface area (Å²) in [5, 5.41) is 8.00. The van der Waals surface area contributed by atoms with Gasteiger partial charge in [-0.05, 0) is 24.3 Å². The Morgan fingerprint density at radius 1 is 1.08 bits per heavy atom. The zero-order valence-electron chi connectivity index (χ0n) is 13.5. The van der Waals surface area contributed by atoms with Gasteiger partial charge in [-0.1, -0.05) is 43.0 Å². The highest BCUT2D eigenvalue weighted by Gasteiger charge is 2.23. The third kappa shape index (κ3) is 3.10. The number of fused-ring (bicyclic) bond motifs is 1. The summed E-state index contributed by atoms with van der Waals surface area (Å²) in [4.78, 5) is 4.64. The number of hydrazine groups is 1. The van der Waals surface area contributed by atoms with Gasteiger partial charge in [0.15, 0.2) is 11.7 Å². The molecule has 2 heterocycles. The molecule has 0 amide bonds. The third-order valence-electron chi connectivity index (χ3n) is 3.75. The topological polar surface area (TPSA) is 52.5 Å². The van der Waals surface area contributed by atoms with Gasteiger partial charge in [0.05, 0.1) is 11.9 Å². The number of hydrogen-bond acceptors (Lipinski definition) is 6. The number of aliphatic imine (C=N–C) groups is 1. The maximum absolute atomic E-state index is 5.50. The molecule has 0 unspecified atom stereocenters. The second-order valence-corrected chi connectivity index (χ2v) is 5.46. The first-order valence-corrected chi connectivity index (χ1v) is 7.92. The molecule has 0 fully saturated rings. The van der Waals surface area contributed by atoms with Crippen LogP contribution in [0.15, 0.2) is 89.4 Å². The predicted octanol–water partition coefficient (Wildman–Crippen LogP) is 3.08. The molecule has 0 atom stereocenters. The third-order valence-corrected chi connectivity index (χ3v) is 3.75. The van der Waals surface area contributed by atoms with Crippen molar-refractivity contribution in [2.75, 3.05) is 11.6 Å². The molecule has 25 heavy (non-hydrogen) atoms. The number of hydrazone groups is 1.